The molecule has 6 heteroatoms. The Morgan fingerprint density at radius 3 is 2.79 bits per heavy atom. The van der Waals surface area contributed by atoms with Gasteiger partial charge in [0.25, 0.3) is 0 Å². The molecule has 0 amide bonds. The van der Waals surface area contributed by atoms with Crippen molar-refractivity contribution in [3.63, 3.8) is 0 Å². The first-order valence-corrected chi connectivity index (χ1v) is 8.97. The van der Waals surface area contributed by atoms with Crippen molar-refractivity contribution in [2.24, 2.45) is 5.92 Å². The predicted octanol–water partition coefficient (Wildman–Crippen LogP) is 3.18. The van der Waals surface area contributed by atoms with Crippen LogP contribution in [-0.4, -0.2) is 47.0 Å². The van der Waals surface area contributed by atoms with Crippen molar-refractivity contribution in [2.75, 3.05) is 37.2 Å². The summed E-state index contributed by atoms with van der Waals surface area (Å²) in [5.41, 5.74) is 0. The zero-order chi connectivity index (χ0) is 13.5. The van der Waals surface area contributed by atoms with Gasteiger partial charge in [0.05, 0.1) is 0 Å². The number of likely N-dealkylation sites (tertiary alicyclic amines) is 1. The van der Waals surface area contributed by atoms with Crippen LogP contribution in [0.4, 0.5) is 5.13 Å². The first kappa shape index (κ1) is 15.1. The van der Waals surface area contributed by atoms with E-state index in [1.807, 2.05) is 11.8 Å². The van der Waals surface area contributed by atoms with E-state index in [0.29, 0.717) is 5.92 Å². The van der Waals surface area contributed by atoms with E-state index in [2.05, 4.69) is 34.3 Å². The molecule has 0 aliphatic carbocycles. The standard InChI is InChI=1S/C13H24N4S2/c1-11(2)10-14-12-15-16-13(19-12)18-9-8-17-6-4-3-5-7-17/h11H,3-10H2,1-2H3,(H,14,15). The van der Waals surface area contributed by atoms with Crippen LogP contribution in [-0.2, 0) is 0 Å². The lowest BCUT2D eigenvalue weighted by Crippen LogP contribution is -2.31. The van der Waals surface area contributed by atoms with E-state index in [1.54, 1.807) is 11.3 Å². The highest BCUT2D eigenvalue weighted by atomic mass is 32.2. The van der Waals surface area contributed by atoms with Crippen LogP contribution in [0.1, 0.15) is 33.1 Å². The lowest BCUT2D eigenvalue weighted by Gasteiger charge is -2.25. The summed E-state index contributed by atoms with van der Waals surface area (Å²) in [5, 5.41) is 12.7. The van der Waals surface area contributed by atoms with Gasteiger partial charge in [0.1, 0.15) is 0 Å². The Morgan fingerprint density at radius 1 is 1.26 bits per heavy atom. The van der Waals surface area contributed by atoms with E-state index >= 15 is 0 Å². The molecule has 4 nitrogen and oxygen atoms in total. The molecule has 0 aromatic carbocycles. The van der Waals surface area contributed by atoms with Gasteiger partial charge in [-0.05, 0) is 31.8 Å². The maximum Gasteiger partial charge on any atom is 0.206 e. The number of hydrogen-bond donors (Lipinski definition) is 1. The molecule has 0 spiro atoms. The number of anilines is 1. The highest BCUT2D eigenvalue weighted by molar-refractivity contribution is 8.01. The van der Waals surface area contributed by atoms with Gasteiger partial charge in [0.15, 0.2) is 4.34 Å². The number of thioether (sulfide) groups is 1. The molecular formula is C13H24N4S2. The molecular weight excluding hydrogens is 276 g/mol. The van der Waals surface area contributed by atoms with Gasteiger partial charge in [-0.2, -0.15) is 0 Å². The number of aromatic nitrogens is 2. The van der Waals surface area contributed by atoms with Crippen molar-refractivity contribution in [2.45, 2.75) is 37.4 Å². The lowest BCUT2D eigenvalue weighted by atomic mass is 10.1. The first-order chi connectivity index (χ1) is 9.24. The van der Waals surface area contributed by atoms with Crippen LogP contribution in [0.15, 0.2) is 4.34 Å². The zero-order valence-electron chi connectivity index (χ0n) is 11.9. The van der Waals surface area contributed by atoms with Gasteiger partial charge in [-0.15, -0.1) is 10.2 Å². The quantitative estimate of drug-likeness (QED) is 0.783. The van der Waals surface area contributed by atoms with Gasteiger partial charge in [0, 0.05) is 18.8 Å². The van der Waals surface area contributed by atoms with E-state index in [-0.39, 0.29) is 0 Å². The molecule has 0 unspecified atom stereocenters. The molecule has 0 atom stereocenters. The fourth-order valence-corrected chi connectivity index (χ4v) is 3.91. The molecule has 0 saturated carbocycles. The Labute approximate surface area is 124 Å². The summed E-state index contributed by atoms with van der Waals surface area (Å²) in [4.78, 5) is 2.56. The van der Waals surface area contributed by atoms with Crippen LogP contribution in [0, 0.1) is 5.92 Å². The van der Waals surface area contributed by atoms with Crippen LogP contribution in [0.25, 0.3) is 0 Å². The minimum Gasteiger partial charge on any atom is -0.360 e. The molecule has 1 fully saturated rings. The highest BCUT2D eigenvalue weighted by Gasteiger charge is 2.10. The summed E-state index contributed by atoms with van der Waals surface area (Å²) in [7, 11) is 0. The molecule has 1 aliphatic heterocycles. The molecule has 1 aromatic rings. The van der Waals surface area contributed by atoms with Crippen molar-refractivity contribution in [1.82, 2.24) is 15.1 Å². The molecule has 0 bridgehead atoms. The van der Waals surface area contributed by atoms with Gasteiger partial charge in [-0.3, -0.25) is 0 Å². The fraction of sp³-hybridized carbons (Fsp3) is 0.846. The van der Waals surface area contributed by atoms with E-state index in [9.17, 15) is 0 Å². The molecule has 1 saturated heterocycles. The summed E-state index contributed by atoms with van der Waals surface area (Å²) in [6.07, 6.45) is 4.14. The van der Waals surface area contributed by atoms with Crippen LogP contribution in [0.5, 0.6) is 0 Å². The molecule has 1 aliphatic rings. The maximum absolute atomic E-state index is 4.23. The summed E-state index contributed by atoms with van der Waals surface area (Å²) in [6.45, 7) is 9.09. The minimum atomic E-state index is 0.638. The number of hydrogen-bond acceptors (Lipinski definition) is 6. The van der Waals surface area contributed by atoms with Gasteiger partial charge in [-0.1, -0.05) is 43.4 Å². The second-order valence-electron chi connectivity index (χ2n) is 5.40. The van der Waals surface area contributed by atoms with Gasteiger partial charge in [0.2, 0.25) is 5.13 Å². The van der Waals surface area contributed by atoms with Crippen molar-refractivity contribution in [3.05, 3.63) is 0 Å². The fourth-order valence-electron chi connectivity index (χ4n) is 2.08. The van der Waals surface area contributed by atoms with Crippen LogP contribution >= 0.6 is 23.1 Å². The Bertz CT molecular complexity index is 361. The number of nitrogens with one attached hydrogen (secondary N) is 1. The topological polar surface area (TPSA) is 41.1 Å². The smallest absolute Gasteiger partial charge is 0.206 e. The molecule has 0 radical (unpaired) electrons. The molecule has 2 rings (SSSR count). The Hall–Kier alpha value is -0.330. The number of nitrogens with zero attached hydrogens (tertiary/aromatic N) is 3. The summed E-state index contributed by atoms with van der Waals surface area (Å²) < 4.78 is 1.09. The SMILES string of the molecule is CC(C)CNc1nnc(SCCN2CCCCC2)s1. The van der Waals surface area contributed by atoms with Crippen LogP contribution in [0.3, 0.4) is 0 Å². The maximum atomic E-state index is 4.23. The van der Waals surface area contributed by atoms with Crippen LogP contribution in [0.2, 0.25) is 0 Å². The zero-order valence-corrected chi connectivity index (χ0v) is 13.5. The third kappa shape index (κ3) is 5.67. The van der Waals surface area contributed by atoms with Gasteiger partial charge < -0.3 is 10.2 Å². The average molecular weight is 300 g/mol. The summed E-state index contributed by atoms with van der Waals surface area (Å²) in [6, 6.07) is 0. The minimum absolute atomic E-state index is 0.638. The van der Waals surface area contributed by atoms with Crippen molar-refractivity contribution < 1.29 is 0 Å². The number of piperidine rings is 1. The number of rotatable bonds is 7. The Kier molecular flexibility index (Phi) is 6.40. The third-order valence-corrected chi connectivity index (χ3v) is 5.14. The van der Waals surface area contributed by atoms with E-state index in [4.69, 9.17) is 0 Å². The molecule has 1 aromatic heterocycles. The monoisotopic (exact) mass is 300 g/mol. The van der Waals surface area contributed by atoms with E-state index < -0.39 is 0 Å². The normalized spacial score (nSPS) is 17.0. The van der Waals surface area contributed by atoms with Gasteiger partial charge in [-0.25, -0.2) is 0 Å². The third-order valence-electron chi connectivity index (χ3n) is 3.15. The summed E-state index contributed by atoms with van der Waals surface area (Å²) in [5.74, 6) is 1.76. The molecule has 2 heterocycles. The highest BCUT2D eigenvalue weighted by Crippen LogP contribution is 2.25. The van der Waals surface area contributed by atoms with Crippen LogP contribution < -0.4 is 5.32 Å². The lowest BCUT2D eigenvalue weighted by molar-refractivity contribution is 0.242. The summed E-state index contributed by atoms with van der Waals surface area (Å²) >= 11 is 3.50. The van der Waals surface area contributed by atoms with Crippen molar-refractivity contribution in [3.8, 4) is 0 Å². The largest absolute Gasteiger partial charge is 0.360 e. The Morgan fingerprint density at radius 2 is 2.05 bits per heavy atom. The Balaban J connectivity index is 1.65. The predicted molar refractivity (Wildman–Crippen MR) is 84.3 cm³/mol. The second kappa shape index (κ2) is 8.07. The van der Waals surface area contributed by atoms with E-state index in [0.717, 1.165) is 21.8 Å². The van der Waals surface area contributed by atoms with Crippen molar-refractivity contribution >= 4 is 28.2 Å². The average Bonchev–Trinajstić information content (AvgIpc) is 2.86. The molecule has 108 valence electrons. The molecule has 19 heavy (non-hydrogen) atoms. The second-order valence-corrected chi connectivity index (χ2v) is 7.72. The van der Waals surface area contributed by atoms with Gasteiger partial charge >= 0.3 is 0 Å². The first-order valence-electron chi connectivity index (χ1n) is 7.16. The molecule has 1 N–H and O–H groups in total. The van der Waals surface area contributed by atoms with E-state index in [1.165, 1.54) is 38.9 Å². The van der Waals surface area contributed by atoms with Crippen molar-refractivity contribution in [1.29, 1.82) is 0 Å².